The monoisotopic (exact) mass is 275 g/mol. The number of benzene rings is 1. The molecular weight excluding hydrogens is 246 g/mol. The first kappa shape index (κ1) is 15.4. The molecule has 1 saturated carbocycles. The maximum Gasteiger partial charge on any atom is 0.120 e. The number of hydrogen-bond donors (Lipinski definition) is 1. The van der Waals surface area contributed by atoms with Gasteiger partial charge in [0.25, 0.3) is 0 Å². The van der Waals surface area contributed by atoms with E-state index in [4.69, 9.17) is 4.74 Å². The Bertz CT molecular complexity index is 439. The summed E-state index contributed by atoms with van der Waals surface area (Å²) in [5.74, 6) is 0.970. The van der Waals surface area contributed by atoms with Gasteiger partial charge in [-0.25, -0.2) is 0 Å². The molecule has 0 bridgehead atoms. The highest BCUT2D eigenvalue weighted by atomic mass is 16.5. The molecule has 0 saturated heterocycles. The van der Waals surface area contributed by atoms with E-state index in [2.05, 4.69) is 58.1 Å². The summed E-state index contributed by atoms with van der Waals surface area (Å²) in [6.07, 6.45) is 4.12. The maximum atomic E-state index is 5.78. The van der Waals surface area contributed by atoms with Crippen molar-refractivity contribution in [3.8, 4) is 5.75 Å². The van der Waals surface area contributed by atoms with Crippen LogP contribution in [0.2, 0.25) is 0 Å². The molecule has 2 heteroatoms. The molecule has 2 atom stereocenters. The highest BCUT2D eigenvalue weighted by Crippen LogP contribution is 2.37. The van der Waals surface area contributed by atoms with E-state index < -0.39 is 0 Å². The van der Waals surface area contributed by atoms with Crippen molar-refractivity contribution in [2.75, 3.05) is 0 Å². The summed E-state index contributed by atoms with van der Waals surface area (Å²) in [6, 6.07) is 9.50. The van der Waals surface area contributed by atoms with E-state index in [9.17, 15) is 0 Å². The van der Waals surface area contributed by atoms with Crippen molar-refractivity contribution in [1.29, 1.82) is 0 Å². The molecule has 1 aromatic carbocycles. The highest BCUT2D eigenvalue weighted by molar-refractivity contribution is 5.30. The largest absolute Gasteiger partial charge is 0.491 e. The second-order valence-corrected chi connectivity index (χ2v) is 7.23. The van der Waals surface area contributed by atoms with E-state index in [1.165, 1.54) is 24.8 Å². The minimum atomic E-state index is 0.226. The fourth-order valence-corrected chi connectivity index (χ4v) is 3.16. The van der Waals surface area contributed by atoms with Crippen molar-refractivity contribution in [3.63, 3.8) is 0 Å². The van der Waals surface area contributed by atoms with Crippen molar-refractivity contribution < 1.29 is 4.74 Å². The molecule has 20 heavy (non-hydrogen) atoms. The molecule has 1 aliphatic rings. The van der Waals surface area contributed by atoms with Crippen LogP contribution in [0.15, 0.2) is 24.3 Å². The maximum absolute atomic E-state index is 5.78. The first-order valence-corrected chi connectivity index (χ1v) is 7.88. The van der Waals surface area contributed by atoms with Gasteiger partial charge >= 0.3 is 0 Å². The Balaban J connectivity index is 1.97. The summed E-state index contributed by atoms with van der Waals surface area (Å²) in [4.78, 5) is 0. The van der Waals surface area contributed by atoms with E-state index in [1.807, 2.05) is 6.07 Å². The summed E-state index contributed by atoms with van der Waals surface area (Å²) >= 11 is 0. The van der Waals surface area contributed by atoms with Gasteiger partial charge in [0.15, 0.2) is 0 Å². The van der Waals surface area contributed by atoms with Crippen molar-refractivity contribution in [1.82, 2.24) is 5.32 Å². The molecule has 1 aromatic rings. The smallest absolute Gasteiger partial charge is 0.120 e. The molecule has 2 unspecified atom stereocenters. The van der Waals surface area contributed by atoms with E-state index in [0.29, 0.717) is 17.5 Å². The first-order valence-electron chi connectivity index (χ1n) is 7.88. The number of rotatable bonds is 5. The minimum absolute atomic E-state index is 0.226. The third kappa shape index (κ3) is 4.24. The molecule has 2 rings (SSSR count). The predicted molar refractivity (Wildman–Crippen MR) is 85.2 cm³/mol. The molecule has 1 aliphatic carbocycles. The van der Waals surface area contributed by atoms with Crippen LogP contribution < -0.4 is 10.1 Å². The van der Waals surface area contributed by atoms with E-state index >= 15 is 0 Å². The average Bonchev–Trinajstić information content (AvgIpc) is 2.68. The lowest BCUT2D eigenvalue weighted by Crippen LogP contribution is -2.30. The van der Waals surface area contributed by atoms with Crippen LogP contribution in [-0.2, 0) is 0 Å². The van der Waals surface area contributed by atoms with Crippen LogP contribution in [0.25, 0.3) is 0 Å². The molecule has 2 nitrogen and oxygen atoms in total. The molecule has 112 valence electrons. The standard InChI is InChI=1S/C18H29NO/c1-13(2)20-17-8-6-7-15(11-17)14(3)19-16-9-10-18(4,5)12-16/h6-8,11,13-14,16,19H,9-10,12H2,1-5H3. The zero-order valence-corrected chi connectivity index (χ0v) is 13.6. The molecule has 0 amide bonds. The van der Waals surface area contributed by atoms with Gasteiger partial charge in [-0.2, -0.15) is 0 Å². The van der Waals surface area contributed by atoms with E-state index in [0.717, 1.165) is 5.75 Å². The van der Waals surface area contributed by atoms with Gasteiger partial charge in [0.05, 0.1) is 6.10 Å². The average molecular weight is 275 g/mol. The molecular formula is C18H29NO. The Labute approximate surface area is 123 Å². The Morgan fingerprint density at radius 1 is 1.25 bits per heavy atom. The van der Waals surface area contributed by atoms with Crippen LogP contribution in [0.1, 0.15) is 65.5 Å². The van der Waals surface area contributed by atoms with Gasteiger partial charge in [0.2, 0.25) is 0 Å². The van der Waals surface area contributed by atoms with Gasteiger partial charge in [-0.15, -0.1) is 0 Å². The number of ether oxygens (including phenoxy) is 1. The molecule has 0 heterocycles. The minimum Gasteiger partial charge on any atom is -0.491 e. The summed E-state index contributed by atoms with van der Waals surface area (Å²) in [5.41, 5.74) is 1.81. The second-order valence-electron chi connectivity index (χ2n) is 7.23. The SMILES string of the molecule is CC(C)Oc1cccc(C(C)NC2CCC(C)(C)C2)c1. The number of hydrogen-bond acceptors (Lipinski definition) is 2. The fourth-order valence-electron chi connectivity index (χ4n) is 3.16. The zero-order valence-electron chi connectivity index (χ0n) is 13.6. The number of nitrogens with one attached hydrogen (secondary N) is 1. The van der Waals surface area contributed by atoms with E-state index in [1.54, 1.807) is 0 Å². The van der Waals surface area contributed by atoms with Crippen molar-refractivity contribution >= 4 is 0 Å². The van der Waals surface area contributed by atoms with Gasteiger partial charge in [0.1, 0.15) is 5.75 Å². The molecule has 0 radical (unpaired) electrons. The van der Waals surface area contributed by atoms with Gasteiger partial charge < -0.3 is 10.1 Å². The summed E-state index contributed by atoms with van der Waals surface area (Å²) in [5, 5.41) is 3.78. The lowest BCUT2D eigenvalue weighted by Gasteiger charge is -2.22. The summed E-state index contributed by atoms with van der Waals surface area (Å²) < 4.78 is 5.78. The zero-order chi connectivity index (χ0) is 14.8. The second kappa shape index (κ2) is 6.17. The van der Waals surface area contributed by atoms with Crippen LogP contribution in [0.4, 0.5) is 0 Å². The topological polar surface area (TPSA) is 21.3 Å². The first-order chi connectivity index (χ1) is 9.35. The Morgan fingerprint density at radius 2 is 2.00 bits per heavy atom. The van der Waals surface area contributed by atoms with Crippen LogP contribution in [0, 0.1) is 5.41 Å². The van der Waals surface area contributed by atoms with E-state index in [-0.39, 0.29) is 6.10 Å². The van der Waals surface area contributed by atoms with Crippen LogP contribution >= 0.6 is 0 Å². The fraction of sp³-hybridized carbons (Fsp3) is 0.667. The molecule has 1 N–H and O–H groups in total. The van der Waals surface area contributed by atoms with Crippen molar-refractivity contribution in [3.05, 3.63) is 29.8 Å². The van der Waals surface area contributed by atoms with Crippen LogP contribution in [0.3, 0.4) is 0 Å². The Morgan fingerprint density at radius 3 is 2.60 bits per heavy atom. The molecule has 0 spiro atoms. The molecule has 0 aliphatic heterocycles. The summed E-state index contributed by atoms with van der Waals surface area (Å²) in [7, 11) is 0. The van der Waals surface area contributed by atoms with Gasteiger partial charge in [0, 0.05) is 12.1 Å². The molecule has 1 fully saturated rings. The molecule has 0 aromatic heterocycles. The van der Waals surface area contributed by atoms with Crippen molar-refractivity contribution in [2.45, 2.75) is 72.1 Å². The quantitative estimate of drug-likeness (QED) is 0.840. The van der Waals surface area contributed by atoms with Crippen molar-refractivity contribution in [2.24, 2.45) is 5.41 Å². The summed E-state index contributed by atoms with van der Waals surface area (Å²) in [6.45, 7) is 11.1. The Kier molecular flexibility index (Phi) is 4.74. The highest BCUT2D eigenvalue weighted by Gasteiger charge is 2.31. The van der Waals surface area contributed by atoms with Crippen LogP contribution in [-0.4, -0.2) is 12.1 Å². The third-order valence-corrected chi connectivity index (χ3v) is 4.18. The lowest BCUT2D eigenvalue weighted by atomic mass is 9.91. The van der Waals surface area contributed by atoms with Crippen LogP contribution in [0.5, 0.6) is 5.75 Å². The lowest BCUT2D eigenvalue weighted by molar-refractivity contribution is 0.242. The van der Waals surface area contributed by atoms with Gasteiger partial charge in [-0.1, -0.05) is 26.0 Å². The van der Waals surface area contributed by atoms with Gasteiger partial charge in [-0.3, -0.25) is 0 Å². The van der Waals surface area contributed by atoms with Gasteiger partial charge in [-0.05, 0) is 63.1 Å². The normalized spacial score (nSPS) is 23.0. The Hall–Kier alpha value is -1.02. The predicted octanol–water partition coefficient (Wildman–Crippen LogP) is 4.70. The third-order valence-electron chi connectivity index (χ3n) is 4.18.